The summed E-state index contributed by atoms with van der Waals surface area (Å²) in [4.78, 5) is 11.0. The number of hydrogen-bond acceptors (Lipinski definition) is 2. The molecule has 0 fully saturated rings. The molecular formula is C9H8ClNO2. The molecule has 0 radical (unpaired) electrons. The second kappa shape index (κ2) is 3.26. The van der Waals surface area contributed by atoms with Crippen molar-refractivity contribution < 1.29 is 9.53 Å². The number of rotatable bonds is 1. The Balaban J connectivity index is 2.38. The van der Waals surface area contributed by atoms with Gasteiger partial charge in [-0.1, -0.05) is 6.07 Å². The van der Waals surface area contributed by atoms with Crippen LogP contribution in [0, 0.1) is 0 Å². The maximum absolute atomic E-state index is 11.0. The normalized spacial score (nSPS) is 14.4. The zero-order chi connectivity index (χ0) is 9.26. The molecule has 1 aromatic carbocycles. The summed E-state index contributed by atoms with van der Waals surface area (Å²) in [6.07, 6.45) is 0. The van der Waals surface area contributed by atoms with Crippen molar-refractivity contribution in [1.82, 2.24) is 0 Å². The maximum Gasteiger partial charge on any atom is 0.262 e. The molecular weight excluding hydrogens is 190 g/mol. The number of carbonyl (C=O) groups is 1. The Bertz CT molecular complexity index is 351. The van der Waals surface area contributed by atoms with Crippen molar-refractivity contribution in [2.75, 3.05) is 11.9 Å². The van der Waals surface area contributed by atoms with Crippen LogP contribution in [0.15, 0.2) is 18.2 Å². The number of benzene rings is 1. The fourth-order valence-electron chi connectivity index (χ4n) is 1.21. The van der Waals surface area contributed by atoms with E-state index in [1.54, 1.807) is 0 Å². The zero-order valence-electron chi connectivity index (χ0n) is 6.84. The topological polar surface area (TPSA) is 38.3 Å². The number of carbonyl (C=O) groups excluding carboxylic acids is 1. The molecule has 68 valence electrons. The number of ether oxygens (including phenoxy) is 1. The lowest BCUT2D eigenvalue weighted by Crippen LogP contribution is -2.25. The molecule has 0 saturated heterocycles. The minimum Gasteiger partial charge on any atom is -0.482 e. The Morgan fingerprint density at radius 3 is 3.15 bits per heavy atom. The summed E-state index contributed by atoms with van der Waals surface area (Å²) in [5.41, 5.74) is 1.67. The lowest BCUT2D eigenvalue weighted by atomic mass is 10.2. The van der Waals surface area contributed by atoms with E-state index in [1.807, 2.05) is 18.2 Å². The number of fused-ring (bicyclic) bond motifs is 1. The molecule has 1 aromatic rings. The fourth-order valence-corrected chi connectivity index (χ4v) is 1.38. The number of nitrogens with one attached hydrogen (secondary N) is 1. The summed E-state index contributed by atoms with van der Waals surface area (Å²) in [6, 6.07) is 5.51. The summed E-state index contributed by atoms with van der Waals surface area (Å²) in [7, 11) is 0. The Kier molecular flexibility index (Phi) is 2.10. The molecule has 2 rings (SSSR count). The van der Waals surface area contributed by atoms with E-state index >= 15 is 0 Å². The Morgan fingerprint density at radius 1 is 1.54 bits per heavy atom. The van der Waals surface area contributed by atoms with E-state index in [0.29, 0.717) is 17.3 Å². The molecule has 0 spiro atoms. The van der Waals surface area contributed by atoms with Gasteiger partial charge in [-0.25, -0.2) is 0 Å². The number of alkyl halides is 1. The van der Waals surface area contributed by atoms with Crippen molar-refractivity contribution in [2.45, 2.75) is 5.88 Å². The average Bonchev–Trinajstić information content (AvgIpc) is 2.16. The van der Waals surface area contributed by atoms with Gasteiger partial charge in [0.1, 0.15) is 5.75 Å². The first-order valence-electron chi connectivity index (χ1n) is 3.91. The molecule has 1 amide bonds. The van der Waals surface area contributed by atoms with E-state index < -0.39 is 0 Å². The second-order valence-corrected chi connectivity index (χ2v) is 3.07. The highest BCUT2D eigenvalue weighted by molar-refractivity contribution is 6.17. The van der Waals surface area contributed by atoms with E-state index in [4.69, 9.17) is 16.3 Å². The van der Waals surface area contributed by atoms with Crippen molar-refractivity contribution >= 4 is 23.2 Å². The van der Waals surface area contributed by atoms with Crippen LogP contribution in [0.5, 0.6) is 5.75 Å². The lowest BCUT2D eigenvalue weighted by Gasteiger charge is -2.17. The third-order valence-electron chi connectivity index (χ3n) is 1.83. The van der Waals surface area contributed by atoms with Crippen LogP contribution >= 0.6 is 11.6 Å². The summed E-state index contributed by atoms with van der Waals surface area (Å²) >= 11 is 5.65. The van der Waals surface area contributed by atoms with Gasteiger partial charge < -0.3 is 10.1 Å². The minimum absolute atomic E-state index is 0.0905. The summed E-state index contributed by atoms with van der Waals surface area (Å²) in [5, 5.41) is 2.71. The van der Waals surface area contributed by atoms with Crippen molar-refractivity contribution in [3.05, 3.63) is 23.8 Å². The Morgan fingerprint density at radius 2 is 2.38 bits per heavy atom. The van der Waals surface area contributed by atoms with Crippen LogP contribution in [0.1, 0.15) is 5.56 Å². The SMILES string of the molecule is O=C1COc2ccc(CCl)cc2N1. The van der Waals surface area contributed by atoms with Crippen LogP contribution < -0.4 is 10.1 Å². The predicted octanol–water partition coefficient (Wildman–Crippen LogP) is 1.76. The first-order chi connectivity index (χ1) is 6.29. The quantitative estimate of drug-likeness (QED) is 0.697. The van der Waals surface area contributed by atoms with Crippen LogP contribution in [0.4, 0.5) is 5.69 Å². The molecule has 0 atom stereocenters. The van der Waals surface area contributed by atoms with E-state index in [-0.39, 0.29) is 12.5 Å². The number of amides is 1. The molecule has 13 heavy (non-hydrogen) atoms. The molecule has 4 heteroatoms. The monoisotopic (exact) mass is 197 g/mol. The number of anilines is 1. The fraction of sp³-hybridized carbons (Fsp3) is 0.222. The van der Waals surface area contributed by atoms with Gasteiger partial charge in [0.15, 0.2) is 6.61 Å². The summed E-state index contributed by atoms with van der Waals surface area (Å²) in [6.45, 7) is 0.0905. The largest absolute Gasteiger partial charge is 0.482 e. The van der Waals surface area contributed by atoms with Gasteiger partial charge in [-0.15, -0.1) is 11.6 Å². The standard InChI is InChI=1S/C9H8ClNO2/c10-4-6-1-2-8-7(3-6)11-9(12)5-13-8/h1-3H,4-5H2,(H,11,12). The van der Waals surface area contributed by atoms with Gasteiger partial charge in [0.25, 0.3) is 5.91 Å². The third-order valence-corrected chi connectivity index (χ3v) is 2.14. The van der Waals surface area contributed by atoms with Gasteiger partial charge >= 0.3 is 0 Å². The van der Waals surface area contributed by atoms with Gasteiger partial charge in [-0.2, -0.15) is 0 Å². The smallest absolute Gasteiger partial charge is 0.262 e. The van der Waals surface area contributed by atoms with Gasteiger partial charge in [0.2, 0.25) is 0 Å². The highest BCUT2D eigenvalue weighted by Crippen LogP contribution is 2.28. The molecule has 1 aliphatic heterocycles. The van der Waals surface area contributed by atoms with Gasteiger partial charge in [0, 0.05) is 5.88 Å². The maximum atomic E-state index is 11.0. The molecule has 1 aliphatic rings. The third kappa shape index (κ3) is 1.60. The predicted molar refractivity (Wildman–Crippen MR) is 50.1 cm³/mol. The zero-order valence-corrected chi connectivity index (χ0v) is 7.60. The van der Waals surface area contributed by atoms with Crippen LogP contribution in [-0.2, 0) is 10.7 Å². The van der Waals surface area contributed by atoms with E-state index in [2.05, 4.69) is 5.32 Å². The van der Waals surface area contributed by atoms with E-state index in [9.17, 15) is 4.79 Å². The molecule has 1 N–H and O–H groups in total. The van der Waals surface area contributed by atoms with Gasteiger partial charge in [-0.3, -0.25) is 4.79 Å². The van der Waals surface area contributed by atoms with E-state index in [1.165, 1.54) is 0 Å². The van der Waals surface area contributed by atoms with Crippen LogP contribution in [-0.4, -0.2) is 12.5 Å². The van der Waals surface area contributed by atoms with Crippen LogP contribution in [0.25, 0.3) is 0 Å². The minimum atomic E-state index is -0.126. The molecule has 0 bridgehead atoms. The first-order valence-corrected chi connectivity index (χ1v) is 4.44. The highest BCUT2D eigenvalue weighted by Gasteiger charge is 2.15. The molecule has 0 aliphatic carbocycles. The van der Waals surface area contributed by atoms with Gasteiger partial charge in [-0.05, 0) is 17.7 Å². The lowest BCUT2D eigenvalue weighted by molar-refractivity contribution is -0.118. The number of hydrogen-bond donors (Lipinski definition) is 1. The highest BCUT2D eigenvalue weighted by atomic mass is 35.5. The molecule has 0 unspecified atom stereocenters. The second-order valence-electron chi connectivity index (χ2n) is 2.80. The van der Waals surface area contributed by atoms with E-state index in [0.717, 1.165) is 5.56 Å². The van der Waals surface area contributed by atoms with Gasteiger partial charge in [0.05, 0.1) is 5.69 Å². The Hall–Kier alpha value is -1.22. The molecule has 1 heterocycles. The first kappa shape index (κ1) is 8.38. The molecule has 3 nitrogen and oxygen atoms in total. The van der Waals surface area contributed by atoms with Crippen molar-refractivity contribution in [1.29, 1.82) is 0 Å². The summed E-state index contributed by atoms with van der Waals surface area (Å²) < 4.78 is 5.18. The van der Waals surface area contributed by atoms with Crippen molar-refractivity contribution in [2.24, 2.45) is 0 Å². The van der Waals surface area contributed by atoms with Crippen LogP contribution in [0.3, 0.4) is 0 Å². The average molecular weight is 198 g/mol. The molecule has 0 aromatic heterocycles. The summed E-state index contributed by atoms with van der Waals surface area (Å²) in [5.74, 6) is 1.01. The van der Waals surface area contributed by atoms with Crippen molar-refractivity contribution in [3.8, 4) is 5.75 Å². The van der Waals surface area contributed by atoms with Crippen molar-refractivity contribution in [3.63, 3.8) is 0 Å². The number of halogens is 1. The Labute approximate surface area is 80.6 Å². The molecule has 0 saturated carbocycles. The van der Waals surface area contributed by atoms with Crippen LogP contribution in [0.2, 0.25) is 0 Å².